The van der Waals surface area contributed by atoms with Crippen LogP contribution in [-0.2, 0) is 10.0 Å². The summed E-state index contributed by atoms with van der Waals surface area (Å²) >= 11 is 1.95. The van der Waals surface area contributed by atoms with Gasteiger partial charge in [0.05, 0.1) is 5.75 Å². The molecule has 0 radical (unpaired) electrons. The molecule has 0 amide bonds. The van der Waals surface area contributed by atoms with Crippen LogP contribution >= 0.6 is 11.8 Å². The van der Waals surface area contributed by atoms with Crippen LogP contribution in [0.3, 0.4) is 0 Å². The Morgan fingerprint density at radius 2 is 2.05 bits per heavy atom. The third-order valence-electron chi connectivity index (χ3n) is 4.02. The Hall–Kier alpha value is 0.180. The van der Waals surface area contributed by atoms with Crippen LogP contribution in [0.2, 0.25) is 0 Å². The van der Waals surface area contributed by atoms with Gasteiger partial charge in [0.2, 0.25) is 10.0 Å². The maximum absolute atomic E-state index is 12.1. The lowest BCUT2D eigenvalue weighted by Gasteiger charge is -2.27. The van der Waals surface area contributed by atoms with E-state index in [9.17, 15) is 8.42 Å². The second kappa shape index (κ2) is 7.98. The lowest BCUT2D eigenvalue weighted by molar-refractivity contribution is 0.253. The fraction of sp³-hybridized carbons (Fsp3) is 1.00. The lowest BCUT2D eigenvalue weighted by atomic mass is 10.3. The summed E-state index contributed by atoms with van der Waals surface area (Å²) in [6.45, 7) is 6.65. The summed E-state index contributed by atoms with van der Waals surface area (Å²) in [7, 11) is -3.12. The van der Waals surface area contributed by atoms with E-state index < -0.39 is 10.0 Å². The molecule has 118 valence electrons. The van der Waals surface area contributed by atoms with Crippen LogP contribution in [0.4, 0.5) is 0 Å². The van der Waals surface area contributed by atoms with Gasteiger partial charge in [0.1, 0.15) is 0 Å². The highest BCUT2D eigenvalue weighted by Gasteiger charge is 2.28. The van der Waals surface area contributed by atoms with E-state index in [0.29, 0.717) is 11.8 Å². The minimum atomic E-state index is -3.12. The van der Waals surface area contributed by atoms with Crippen LogP contribution in [0.5, 0.6) is 0 Å². The smallest absolute Gasteiger partial charge is 0.213 e. The number of sulfonamides is 1. The Bertz CT molecular complexity index is 383. The average Bonchev–Trinajstić information content (AvgIpc) is 2.85. The first-order valence-electron chi connectivity index (χ1n) is 7.64. The van der Waals surface area contributed by atoms with Crippen LogP contribution in [-0.4, -0.2) is 68.8 Å². The molecule has 2 unspecified atom stereocenters. The van der Waals surface area contributed by atoms with Crippen LogP contribution < -0.4 is 10.0 Å². The number of nitrogens with zero attached hydrogens (tertiary/aromatic N) is 1. The SMILES string of the molecule is CCSC1CCC(NS(=O)(=O)CCN2CCNCC2)C1. The van der Waals surface area contributed by atoms with Crippen molar-refractivity contribution in [3.63, 3.8) is 0 Å². The molecule has 5 nitrogen and oxygen atoms in total. The first kappa shape index (κ1) is 16.5. The van der Waals surface area contributed by atoms with Gasteiger partial charge in [0.15, 0.2) is 0 Å². The molecule has 2 N–H and O–H groups in total. The first-order chi connectivity index (χ1) is 9.59. The van der Waals surface area contributed by atoms with Gasteiger partial charge in [-0.2, -0.15) is 11.8 Å². The third kappa shape index (κ3) is 5.52. The predicted octanol–water partition coefficient (Wildman–Crippen LogP) is 0.485. The molecule has 0 aromatic rings. The standard InChI is InChI=1S/C13H27N3O2S2/c1-2-19-13-4-3-12(11-13)15-20(17,18)10-9-16-7-5-14-6-8-16/h12-15H,2-11H2,1H3. The monoisotopic (exact) mass is 321 g/mol. The highest BCUT2D eigenvalue weighted by Crippen LogP contribution is 2.29. The third-order valence-corrected chi connectivity index (χ3v) is 6.66. The Morgan fingerprint density at radius 1 is 1.30 bits per heavy atom. The first-order valence-corrected chi connectivity index (χ1v) is 10.3. The number of piperazine rings is 1. The van der Waals surface area contributed by atoms with Gasteiger partial charge in [-0.1, -0.05) is 6.92 Å². The summed E-state index contributed by atoms with van der Waals surface area (Å²) < 4.78 is 27.2. The summed E-state index contributed by atoms with van der Waals surface area (Å²) in [5.74, 6) is 1.35. The van der Waals surface area contributed by atoms with Gasteiger partial charge in [-0.05, 0) is 25.0 Å². The number of rotatable bonds is 7. The van der Waals surface area contributed by atoms with E-state index in [-0.39, 0.29) is 11.8 Å². The number of thioether (sulfide) groups is 1. The van der Waals surface area contributed by atoms with E-state index in [1.807, 2.05) is 11.8 Å². The summed E-state index contributed by atoms with van der Waals surface area (Å²) in [5.41, 5.74) is 0. The summed E-state index contributed by atoms with van der Waals surface area (Å²) in [4.78, 5) is 2.22. The zero-order chi connectivity index (χ0) is 14.4. The van der Waals surface area contributed by atoms with E-state index in [1.165, 1.54) is 0 Å². The molecule has 2 atom stereocenters. The molecular formula is C13H27N3O2S2. The quantitative estimate of drug-likeness (QED) is 0.714. The molecule has 0 spiro atoms. The topological polar surface area (TPSA) is 61.4 Å². The number of nitrogens with one attached hydrogen (secondary N) is 2. The van der Waals surface area contributed by atoms with E-state index in [4.69, 9.17) is 0 Å². The molecule has 0 aromatic heterocycles. The Morgan fingerprint density at radius 3 is 2.75 bits per heavy atom. The van der Waals surface area contributed by atoms with Gasteiger partial charge in [-0.3, -0.25) is 4.90 Å². The van der Waals surface area contributed by atoms with Crippen molar-refractivity contribution < 1.29 is 8.42 Å². The molecular weight excluding hydrogens is 294 g/mol. The molecule has 1 saturated heterocycles. The molecule has 1 aliphatic heterocycles. The maximum atomic E-state index is 12.1. The van der Waals surface area contributed by atoms with Gasteiger partial charge in [-0.15, -0.1) is 0 Å². The van der Waals surface area contributed by atoms with Crippen LogP contribution in [0.25, 0.3) is 0 Å². The normalized spacial score (nSPS) is 28.9. The van der Waals surface area contributed by atoms with Crippen LogP contribution in [0, 0.1) is 0 Å². The molecule has 2 fully saturated rings. The van der Waals surface area contributed by atoms with Crippen LogP contribution in [0.15, 0.2) is 0 Å². The minimum absolute atomic E-state index is 0.159. The number of hydrogen-bond acceptors (Lipinski definition) is 5. The van der Waals surface area contributed by atoms with Gasteiger partial charge in [0.25, 0.3) is 0 Å². The van der Waals surface area contributed by atoms with E-state index in [2.05, 4.69) is 21.9 Å². The van der Waals surface area contributed by atoms with Crippen molar-refractivity contribution in [3.05, 3.63) is 0 Å². The molecule has 1 aliphatic carbocycles. The van der Waals surface area contributed by atoms with Gasteiger partial charge < -0.3 is 5.32 Å². The maximum Gasteiger partial charge on any atom is 0.213 e. The van der Waals surface area contributed by atoms with Crippen molar-refractivity contribution >= 4 is 21.8 Å². The zero-order valence-electron chi connectivity index (χ0n) is 12.3. The lowest BCUT2D eigenvalue weighted by Crippen LogP contribution is -2.46. The zero-order valence-corrected chi connectivity index (χ0v) is 13.9. The van der Waals surface area contributed by atoms with Crippen molar-refractivity contribution in [1.82, 2.24) is 14.9 Å². The molecule has 2 rings (SSSR count). The van der Waals surface area contributed by atoms with E-state index in [0.717, 1.165) is 51.2 Å². The molecule has 2 aliphatic rings. The van der Waals surface area contributed by atoms with Gasteiger partial charge >= 0.3 is 0 Å². The fourth-order valence-corrected chi connectivity index (χ4v) is 5.41. The average molecular weight is 322 g/mol. The largest absolute Gasteiger partial charge is 0.314 e. The predicted molar refractivity (Wildman–Crippen MR) is 85.8 cm³/mol. The summed E-state index contributed by atoms with van der Waals surface area (Å²) in [5, 5.41) is 3.92. The van der Waals surface area contributed by atoms with E-state index >= 15 is 0 Å². The Balaban J connectivity index is 1.70. The van der Waals surface area contributed by atoms with Crippen LogP contribution in [0.1, 0.15) is 26.2 Å². The highest BCUT2D eigenvalue weighted by molar-refractivity contribution is 7.99. The van der Waals surface area contributed by atoms with Gasteiger partial charge in [0, 0.05) is 44.0 Å². The molecule has 1 saturated carbocycles. The van der Waals surface area contributed by atoms with E-state index in [1.54, 1.807) is 0 Å². The Labute approximate surface area is 127 Å². The summed E-state index contributed by atoms with van der Waals surface area (Å²) in [6.07, 6.45) is 3.12. The van der Waals surface area contributed by atoms with Crippen molar-refractivity contribution in [2.24, 2.45) is 0 Å². The summed E-state index contributed by atoms with van der Waals surface area (Å²) in [6, 6.07) is 0.159. The van der Waals surface area contributed by atoms with Crippen molar-refractivity contribution in [2.45, 2.75) is 37.5 Å². The van der Waals surface area contributed by atoms with Crippen molar-refractivity contribution in [3.8, 4) is 0 Å². The van der Waals surface area contributed by atoms with Crippen molar-refractivity contribution in [1.29, 1.82) is 0 Å². The van der Waals surface area contributed by atoms with Gasteiger partial charge in [-0.25, -0.2) is 13.1 Å². The molecule has 0 aromatic carbocycles. The molecule has 7 heteroatoms. The molecule has 1 heterocycles. The minimum Gasteiger partial charge on any atom is -0.314 e. The fourth-order valence-electron chi connectivity index (χ4n) is 2.93. The second-order valence-electron chi connectivity index (χ2n) is 5.62. The number of hydrogen-bond donors (Lipinski definition) is 2. The molecule has 20 heavy (non-hydrogen) atoms. The highest BCUT2D eigenvalue weighted by atomic mass is 32.2. The van der Waals surface area contributed by atoms with Crippen molar-refractivity contribution in [2.75, 3.05) is 44.2 Å². The Kier molecular flexibility index (Phi) is 6.61. The second-order valence-corrected chi connectivity index (χ2v) is 9.07. The molecule has 0 bridgehead atoms.